The number of quaternary nitrogens is 2. The molecule has 2 atom stereocenters. The molecular formula is C13H30N2+2. The first-order valence-electron chi connectivity index (χ1n) is 6.28. The summed E-state index contributed by atoms with van der Waals surface area (Å²) in [6.45, 7) is 2.70. The first kappa shape index (κ1) is 13.0. The Morgan fingerprint density at radius 3 is 1.33 bits per heavy atom. The van der Waals surface area contributed by atoms with Crippen molar-refractivity contribution in [2.45, 2.75) is 19.3 Å². The first-order valence-corrected chi connectivity index (χ1v) is 6.28. The largest absolute Gasteiger partial charge is 0.331 e. The van der Waals surface area contributed by atoms with Crippen molar-refractivity contribution in [2.75, 3.05) is 55.4 Å². The Morgan fingerprint density at radius 2 is 1.07 bits per heavy atom. The van der Waals surface area contributed by atoms with Crippen LogP contribution >= 0.6 is 0 Å². The molecule has 0 N–H and O–H groups in total. The van der Waals surface area contributed by atoms with Crippen LogP contribution in [0, 0.1) is 11.8 Å². The molecule has 0 aromatic carbocycles. The fourth-order valence-corrected chi connectivity index (χ4v) is 3.00. The zero-order chi connectivity index (χ0) is 11.7. The van der Waals surface area contributed by atoms with Gasteiger partial charge in [0.15, 0.2) is 0 Å². The van der Waals surface area contributed by atoms with Crippen LogP contribution in [0.5, 0.6) is 0 Å². The fraction of sp³-hybridized carbons (Fsp3) is 1.00. The van der Waals surface area contributed by atoms with Gasteiger partial charge in [-0.05, 0) is 12.8 Å². The molecule has 2 heteroatoms. The second-order valence-electron chi connectivity index (χ2n) is 7.40. The molecule has 15 heavy (non-hydrogen) atoms. The van der Waals surface area contributed by atoms with Crippen LogP contribution in [0.1, 0.15) is 19.3 Å². The van der Waals surface area contributed by atoms with Crippen LogP contribution in [0.25, 0.3) is 0 Å². The fourth-order valence-electron chi connectivity index (χ4n) is 3.00. The van der Waals surface area contributed by atoms with Gasteiger partial charge in [-0.25, -0.2) is 0 Å². The Bertz CT molecular complexity index is 176. The van der Waals surface area contributed by atoms with Gasteiger partial charge in [-0.1, -0.05) is 6.42 Å². The van der Waals surface area contributed by atoms with E-state index < -0.39 is 0 Å². The van der Waals surface area contributed by atoms with Crippen molar-refractivity contribution in [3.8, 4) is 0 Å². The highest BCUT2D eigenvalue weighted by atomic mass is 15.3. The van der Waals surface area contributed by atoms with Crippen LogP contribution in [0.3, 0.4) is 0 Å². The van der Waals surface area contributed by atoms with Crippen molar-refractivity contribution >= 4 is 0 Å². The van der Waals surface area contributed by atoms with Gasteiger partial charge in [0.1, 0.15) is 0 Å². The summed E-state index contributed by atoms with van der Waals surface area (Å²) in [5.74, 6) is 1.92. The third kappa shape index (κ3) is 4.98. The predicted molar refractivity (Wildman–Crippen MR) is 66.6 cm³/mol. The van der Waals surface area contributed by atoms with E-state index in [0.717, 1.165) is 20.8 Å². The molecule has 0 aliphatic heterocycles. The van der Waals surface area contributed by atoms with E-state index in [2.05, 4.69) is 42.3 Å². The summed E-state index contributed by atoms with van der Waals surface area (Å²) < 4.78 is 2.25. The predicted octanol–water partition coefficient (Wildman–Crippen LogP) is 1.82. The molecule has 0 saturated heterocycles. The van der Waals surface area contributed by atoms with Gasteiger partial charge in [-0.3, -0.25) is 0 Å². The first-order chi connectivity index (χ1) is 6.67. The molecule has 1 rings (SSSR count). The molecule has 0 amide bonds. The third-order valence-electron chi connectivity index (χ3n) is 3.38. The van der Waals surface area contributed by atoms with Gasteiger partial charge in [0, 0.05) is 11.8 Å². The van der Waals surface area contributed by atoms with Crippen molar-refractivity contribution in [1.29, 1.82) is 0 Å². The SMILES string of the molecule is C[N+](C)(C)C[C@H]1CCC[C@@H]1C[N+](C)(C)C. The highest BCUT2D eigenvalue weighted by Gasteiger charge is 2.34. The van der Waals surface area contributed by atoms with Gasteiger partial charge in [0.05, 0.1) is 55.4 Å². The number of hydrogen-bond acceptors (Lipinski definition) is 0. The maximum Gasteiger partial charge on any atom is 0.0813 e. The van der Waals surface area contributed by atoms with Gasteiger partial charge >= 0.3 is 0 Å². The van der Waals surface area contributed by atoms with Crippen LogP contribution in [-0.4, -0.2) is 64.3 Å². The average molecular weight is 214 g/mol. The summed E-state index contributed by atoms with van der Waals surface area (Å²) in [6.07, 6.45) is 4.37. The molecule has 0 spiro atoms. The van der Waals surface area contributed by atoms with E-state index in [1.165, 1.54) is 32.4 Å². The van der Waals surface area contributed by atoms with E-state index in [1.54, 1.807) is 0 Å². The summed E-state index contributed by atoms with van der Waals surface area (Å²) in [6, 6.07) is 0. The lowest BCUT2D eigenvalue weighted by molar-refractivity contribution is -0.882. The quantitative estimate of drug-likeness (QED) is 0.626. The summed E-state index contributed by atoms with van der Waals surface area (Å²) in [4.78, 5) is 0. The topological polar surface area (TPSA) is 0 Å². The van der Waals surface area contributed by atoms with Gasteiger partial charge in [0.2, 0.25) is 0 Å². The molecule has 2 nitrogen and oxygen atoms in total. The molecule has 0 heterocycles. The zero-order valence-electron chi connectivity index (χ0n) is 11.6. The third-order valence-corrected chi connectivity index (χ3v) is 3.38. The minimum atomic E-state index is 0.961. The van der Waals surface area contributed by atoms with Crippen molar-refractivity contribution in [3.05, 3.63) is 0 Å². The van der Waals surface area contributed by atoms with Crippen molar-refractivity contribution in [3.63, 3.8) is 0 Å². The Morgan fingerprint density at radius 1 is 0.733 bits per heavy atom. The van der Waals surface area contributed by atoms with Crippen LogP contribution in [0.2, 0.25) is 0 Å². The smallest absolute Gasteiger partial charge is 0.0813 e. The summed E-state index contributed by atoms with van der Waals surface area (Å²) in [5, 5.41) is 0. The summed E-state index contributed by atoms with van der Waals surface area (Å²) in [7, 11) is 13.9. The lowest BCUT2D eigenvalue weighted by Gasteiger charge is -2.33. The highest BCUT2D eigenvalue weighted by Crippen LogP contribution is 2.33. The lowest BCUT2D eigenvalue weighted by Crippen LogP contribution is -2.45. The highest BCUT2D eigenvalue weighted by molar-refractivity contribution is 4.77. The average Bonchev–Trinajstić information content (AvgIpc) is 2.29. The van der Waals surface area contributed by atoms with E-state index in [4.69, 9.17) is 0 Å². The molecule has 90 valence electrons. The van der Waals surface area contributed by atoms with E-state index in [9.17, 15) is 0 Å². The van der Waals surface area contributed by atoms with Crippen molar-refractivity contribution in [2.24, 2.45) is 11.8 Å². The molecule has 1 aliphatic rings. The zero-order valence-corrected chi connectivity index (χ0v) is 11.6. The number of hydrogen-bond donors (Lipinski definition) is 0. The molecule has 1 fully saturated rings. The molecule has 0 radical (unpaired) electrons. The van der Waals surface area contributed by atoms with Gasteiger partial charge < -0.3 is 8.97 Å². The monoisotopic (exact) mass is 214 g/mol. The van der Waals surface area contributed by atoms with Crippen LogP contribution in [-0.2, 0) is 0 Å². The second-order valence-corrected chi connectivity index (χ2v) is 7.40. The summed E-state index contributed by atoms with van der Waals surface area (Å²) >= 11 is 0. The molecule has 0 aromatic rings. The van der Waals surface area contributed by atoms with E-state index in [0.29, 0.717) is 0 Å². The maximum absolute atomic E-state index is 2.32. The Balaban J connectivity index is 2.50. The van der Waals surface area contributed by atoms with Crippen LogP contribution < -0.4 is 0 Å². The van der Waals surface area contributed by atoms with Crippen LogP contribution in [0.4, 0.5) is 0 Å². The van der Waals surface area contributed by atoms with Gasteiger partial charge in [0.25, 0.3) is 0 Å². The minimum Gasteiger partial charge on any atom is -0.331 e. The van der Waals surface area contributed by atoms with Crippen LogP contribution in [0.15, 0.2) is 0 Å². The Hall–Kier alpha value is -0.0800. The standard InChI is InChI=1S/C13H30N2/c1-14(2,3)10-12-8-7-9-13(12)11-15(4,5)6/h12-13H,7-11H2,1-6H3/q+2/t12-,13-/m1/s1. The number of rotatable bonds is 4. The van der Waals surface area contributed by atoms with E-state index in [1.807, 2.05) is 0 Å². The summed E-state index contributed by atoms with van der Waals surface area (Å²) in [5.41, 5.74) is 0. The minimum absolute atomic E-state index is 0.961. The Labute approximate surface area is 96.1 Å². The molecule has 0 bridgehead atoms. The molecule has 1 saturated carbocycles. The molecule has 0 unspecified atom stereocenters. The normalized spacial score (nSPS) is 28.4. The lowest BCUT2D eigenvalue weighted by atomic mass is 9.94. The molecule has 1 aliphatic carbocycles. The number of nitrogens with zero attached hydrogens (tertiary/aromatic N) is 2. The molecule has 0 aromatic heterocycles. The van der Waals surface area contributed by atoms with Crippen molar-refractivity contribution < 1.29 is 8.97 Å². The van der Waals surface area contributed by atoms with Crippen molar-refractivity contribution in [1.82, 2.24) is 0 Å². The van der Waals surface area contributed by atoms with E-state index in [-0.39, 0.29) is 0 Å². The van der Waals surface area contributed by atoms with Gasteiger partial charge in [-0.15, -0.1) is 0 Å². The van der Waals surface area contributed by atoms with E-state index >= 15 is 0 Å². The van der Waals surface area contributed by atoms with Gasteiger partial charge in [-0.2, -0.15) is 0 Å². The Kier molecular flexibility index (Phi) is 3.83. The second kappa shape index (κ2) is 4.42. The maximum atomic E-state index is 2.32. The molecular weight excluding hydrogens is 184 g/mol.